The van der Waals surface area contributed by atoms with E-state index >= 15 is 0 Å². The second-order valence-electron chi connectivity index (χ2n) is 4.19. The van der Waals surface area contributed by atoms with Crippen molar-refractivity contribution in [2.45, 2.75) is 46.1 Å². The van der Waals surface area contributed by atoms with Gasteiger partial charge in [-0.05, 0) is 18.5 Å². The lowest BCUT2D eigenvalue weighted by atomic mass is 10.2. The van der Waals surface area contributed by atoms with Gasteiger partial charge in [-0.25, -0.2) is 4.98 Å². The number of hydrogen-bond acceptors (Lipinski definition) is 3. The van der Waals surface area contributed by atoms with Crippen LogP contribution in [0.15, 0.2) is 18.3 Å². The molecular weight excluding hydrogens is 212 g/mol. The summed E-state index contributed by atoms with van der Waals surface area (Å²) in [6.07, 6.45) is 6.80. The lowest BCUT2D eigenvalue weighted by Crippen LogP contribution is -2.11. The van der Waals surface area contributed by atoms with E-state index in [1.165, 1.54) is 24.8 Å². The topological polar surface area (TPSA) is 34.1 Å². The van der Waals surface area contributed by atoms with Gasteiger partial charge < -0.3 is 10.1 Å². The van der Waals surface area contributed by atoms with E-state index in [9.17, 15) is 0 Å². The Kier molecular flexibility index (Phi) is 7.39. The molecule has 1 rings (SSSR count). The molecule has 1 aromatic rings. The Labute approximate surface area is 105 Å². The summed E-state index contributed by atoms with van der Waals surface area (Å²) in [5, 5.41) is 3.27. The number of nitrogens with one attached hydrogen (secondary N) is 1. The summed E-state index contributed by atoms with van der Waals surface area (Å²) in [5.41, 5.74) is 1.20. The third kappa shape index (κ3) is 6.27. The predicted molar refractivity (Wildman–Crippen MR) is 71.3 cm³/mol. The fraction of sp³-hybridized carbons (Fsp3) is 0.643. The summed E-state index contributed by atoms with van der Waals surface area (Å²) >= 11 is 0. The quantitative estimate of drug-likeness (QED) is 0.669. The molecule has 0 amide bonds. The van der Waals surface area contributed by atoms with E-state index in [0.717, 1.165) is 32.0 Å². The van der Waals surface area contributed by atoms with Crippen LogP contribution in [0.25, 0.3) is 0 Å². The van der Waals surface area contributed by atoms with Crippen molar-refractivity contribution in [3.8, 4) is 5.88 Å². The first-order valence-corrected chi connectivity index (χ1v) is 6.65. The van der Waals surface area contributed by atoms with Gasteiger partial charge in [0.15, 0.2) is 0 Å². The number of hydrogen-bond donors (Lipinski definition) is 1. The molecule has 0 bridgehead atoms. The molecule has 0 saturated carbocycles. The fourth-order valence-electron chi connectivity index (χ4n) is 1.58. The summed E-state index contributed by atoms with van der Waals surface area (Å²) in [7, 11) is 0. The lowest BCUT2D eigenvalue weighted by Gasteiger charge is -2.06. The molecule has 0 fully saturated rings. The van der Waals surface area contributed by atoms with Crippen LogP contribution in [0.2, 0.25) is 0 Å². The van der Waals surface area contributed by atoms with Crippen LogP contribution in [-0.4, -0.2) is 18.1 Å². The molecule has 0 aliphatic heterocycles. The van der Waals surface area contributed by atoms with Crippen molar-refractivity contribution in [3.63, 3.8) is 0 Å². The second-order valence-corrected chi connectivity index (χ2v) is 4.19. The normalized spacial score (nSPS) is 10.5. The minimum Gasteiger partial charge on any atom is -0.478 e. The largest absolute Gasteiger partial charge is 0.478 e. The van der Waals surface area contributed by atoms with Crippen molar-refractivity contribution >= 4 is 0 Å². The highest BCUT2D eigenvalue weighted by atomic mass is 16.5. The zero-order valence-electron chi connectivity index (χ0n) is 11.0. The smallest absolute Gasteiger partial charge is 0.213 e. The number of nitrogens with zero attached hydrogens (tertiary/aromatic N) is 1. The molecular formula is C14H24N2O. The van der Waals surface area contributed by atoms with Crippen LogP contribution in [0.3, 0.4) is 0 Å². The number of ether oxygens (including phenoxy) is 1. The van der Waals surface area contributed by atoms with Gasteiger partial charge in [-0.2, -0.15) is 0 Å². The zero-order valence-corrected chi connectivity index (χ0v) is 11.0. The Morgan fingerprint density at radius 2 is 2.06 bits per heavy atom. The third-order valence-electron chi connectivity index (χ3n) is 2.62. The van der Waals surface area contributed by atoms with Crippen LogP contribution in [0.5, 0.6) is 5.88 Å². The molecule has 0 spiro atoms. The van der Waals surface area contributed by atoms with E-state index in [0.29, 0.717) is 0 Å². The monoisotopic (exact) mass is 236 g/mol. The van der Waals surface area contributed by atoms with Gasteiger partial charge in [-0.3, -0.25) is 0 Å². The van der Waals surface area contributed by atoms with Crippen LogP contribution in [0.1, 0.15) is 45.1 Å². The number of unbranched alkanes of at least 4 members (excludes halogenated alkanes) is 3. The molecule has 0 saturated heterocycles. The Hall–Kier alpha value is -1.09. The number of rotatable bonds is 9. The van der Waals surface area contributed by atoms with Crippen molar-refractivity contribution < 1.29 is 4.74 Å². The molecule has 1 N–H and O–H groups in total. The maximum Gasteiger partial charge on any atom is 0.213 e. The van der Waals surface area contributed by atoms with Crippen LogP contribution in [0.4, 0.5) is 0 Å². The van der Waals surface area contributed by atoms with Crippen LogP contribution >= 0.6 is 0 Å². The van der Waals surface area contributed by atoms with Gasteiger partial charge in [0.1, 0.15) is 0 Å². The van der Waals surface area contributed by atoms with Gasteiger partial charge >= 0.3 is 0 Å². The molecule has 3 heteroatoms. The van der Waals surface area contributed by atoms with Gasteiger partial charge in [0.25, 0.3) is 0 Å². The Balaban J connectivity index is 2.20. The second kappa shape index (κ2) is 8.99. The fourth-order valence-corrected chi connectivity index (χ4v) is 1.58. The van der Waals surface area contributed by atoms with E-state index in [-0.39, 0.29) is 0 Å². The summed E-state index contributed by atoms with van der Waals surface area (Å²) < 4.78 is 5.58. The summed E-state index contributed by atoms with van der Waals surface area (Å²) in [6.45, 7) is 6.95. The zero-order chi connectivity index (χ0) is 12.3. The lowest BCUT2D eigenvalue weighted by molar-refractivity contribution is 0.293. The Bertz CT molecular complexity index is 285. The predicted octanol–water partition coefficient (Wildman–Crippen LogP) is 3.15. The first-order valence-electron chi connectivity index (χ1n) is 6.65. The SMILES string of the molecule is CCCCCCOc1ccc(CNCC)cn1. The van der Waals surface area contributed by atoms with E-state index in [4.69, 9.17) is 4.74 Å². The molecule has 0 unspecified atom stereocenters. The van der Waals surface area contributed by atoms with Gasteiger partial charge in [0, 0.05) is 18.8 Å². The molecule has 0 aliphatic carbocycles. The number of pyridine rings is 1. The molecule has 0 radical (unpaired) electrons. The van der Waals surface area contributed by atoms with E-state index in [1.54, 1.807) is 0 Å². The van der Waals surface area contributed by atoms with E-state index < -0.39 is 0 Å². The Morgan fingerprint density at radius 3 is 2.71 bits per heavy atom. The highest BCUT2D eigenvalue weighted by molar-refractivity contribution is 5.17. The molecule has 3 nitrogen and oxygen atoms in total. The van der Waals surface area contributed by atoms with Crippen molar-refractivity contribution in [1.29, 1.82) is 0 Å². The first-order chi connectivity index (χ1) is 8.36. The van der Waals surface area contributed by atoms with Gasteiger partial charge in [0.2, 0.25) is 5.88 Å². The Morgan fingerprint density at radius 1 is 1.18 bits per heavy atom. The molecule has 0 atom stereocenters. The van der Waals surface area contributed by atoms with E-state index in [2.05, 4.69) is 30.2 Å². The van der Waals surface area contributed by atoms with Crippen molar-refractivity contribution in [1.82, 2.24) is 10.3 Å². The van der Waals surface area contributed by atoms with Crippen LogP contribution in [-0.2, 0) is 6.54 Å². The summed E-state index contributed by atoms with van der Waals surface area (Å²) in [5.74, 6) is 0.738. The molecule has 0 aliphatic rings. The first kappa shape index (κ1) is 14.0. The molecule has 1 heterocycles. The minimum atomic E-state index is 0.738. The van der Waals surface area contributed by atoms with Crippen molar-refractivity contribution in [2.24, 2.45) is 0 Å². The molecule has 96 valence electrons. The summed E-state index contributed by atoms with van der Waals surface area (Å²) in [4.78, 5) is 4.29. The standard InChI is InChI=1S/C14H24N2O/c1-3-5-6-7-10-17-14-9-8-13(12-16-14)11-15-4-2/h8-9,12,15H,3-7,10-11H2,1-2H3. The van der Waals surface area contributed by atoms with Crippen LogP contribution in [0, 0.1) is 0 Å². The van der Waals surface area contributed by atoms with Crippen molar-refractivity contribution in [2.75, 3.05) is 13.2 Å². The average Bonchev–Trinajstić information content (AvgIpc) is 2.37. The minimum absolute atomic E-state index is 0.738. The highest BCUT2D eigenvalue weighted by Gasteiger charge is 1.96. The van der Waals surface area contributed by atoms with Gasteiger partial charge in [-0.1, -0.05) is 39.2 Å². The van der Waals surface area contributed by atoms with Gasteiger partial charge in [0.05, 0.1) is 6.61 Å². The molecule has 1 aromatic heterocycles. The average molecular weight is 236 g/mol. The van der Waals surface area contributed by atoms with Gasteiger partial charge in [-0.15, -0.1) is 0 Å². The maximum atomic E-state index is 5.58. The number of aromatic nitrogens is 1. The molecule has 0 aromatic carbocycles. The van der Waals surface area contributed by atoms with Crippen LogP contribution < -0.4 is 10.1 Å². The van der Waals surface area contributed by atoms with Crippen molar-refractivity contribution in [3.05, 3.63) is 23.9 Å². The summed E-state index contributed by atoms with van der Waals surface area (Å²) in [6, 6.07) is 4.02. The van der Waals surface area contributed by atoms with E-state index in [1.807, 2.05) is 12.3 Å². The third-order valence-corrected chi connectivity index (χ3v) is 2.62. The maximum absolute atomic E-state index is 5.58. The highest BCUT2D eigenvalue weighted by Crippen LogP contribution is 2.08. The molecule has 17 heavy (non-hydrogen) atoms.